The molecule has 0 bridgehead atoms. The van der Waals surface area contributed by atoms with E-state index in [0.717, 1.165) is 11.3 Å². The summed E-state index contributed by atoms with van der Waals surface area (Å²) >= 11 is 0. The molecule has 1 fully saturated rings. The molecule has 1 aromatic heterocycles. The van der Waals surface area contributed by atoms with Crippen molar-refractivity contribution in [2.45, 2.75) is 57.9 Å². The van der Waals surface area contributed by atoms with Crippen molar-refractivity contribution in [1.29, 1.82) is 5.26 Å². The molecule has 0 spiro atoms. The zero-order valence-corrected chi connectivity index (χ0v) is 18.8. The summed E-state index contributed by atoms with van der Waals surface area (Å²) in [7, 11) is 0. The number of halogens is 3. The van der Waals surface area contributed by atoms with Crippen LogP contribution in [0.25, 0.3) is 0 Å². The van der Waals surface area contributed by atoms with Gasteiger partial charge in [0.05, 0.1) is 22.9 Å². The number of benzene rings is 1. The summed E-state index contributed by atoms with van der Waals surface area (Å²) in [5.41, 5.74) is 0.731. The molecule has 1 aliphatic heterocycles. The fraction of sp³-hybridized carbons (Fsp3) is 0.520. The Bertz CT molecular complexity index is 922. The summed E-state index contributed by atoms with van der Waals surface area (Å²) in [5, 5.41) is 8.99. The van der Waals surface area contributed by atoms with Gasteiger partial charge in [-0.2, -0.15) is 18.4 Å². The quantitative estimate of drug-likeness (QED) is 0.540. The SMILES string of the molecule is CCOC(C(F)(F)F)[C@]1(CCc2ccc(C#N)cc2)CCN(C(C)(C)c2ccccn2)C1. The number of likely N-dealkylation sites (tertiary alicyclic amines) is 1. The monoisotopic (exact) mass is 445 g/mol. The lowest BCUT2D eigenvalue weighted by molar-refractivity contribution is -0.254. The number of alkyl halides is 3. The molecular formula is C25H30F3N3O. The van der Waals surface area contributed by atoms with Crippen LogP contribution >= 0.6 is 0 Å². The molecule has 0 aliphatic carbocycles. The predicted octanol–water partition coefficient (Wildman–Crippen LogP) is 5.48. The maximum atomic E-state index is 14.2. The van der Waals surface area contributed by atoms with Crippen LogP contribution in [-0.2, 0) is 16.7 Å². The molecule has 0 N–H and O–H groups in total. The van der Waals surface area contributed by atoms with Gasteiger partial charge in [-0.15, -0.1) is 0 Å². The van der Waals surface area contributed by atoms with Crippen LogP contribution in [-0.4, -0.2) is 41.9 Å². The summed E-state index contributed by atoms with van der Waals surface area (Å²) in [5.74, 6) is 0. The average molecular weight is 446 g/mol. The van der Waals surface area contributed by atoms with Gasteiger partial charge in [-0.05, 0) is 76.4 Å². The van der Waals surface area contributed by atoms with Crippen LogP contribution < -0.4 is 0 Å². The predicted molar refractivity (Wildman–Crippen MR) is 117 cm³/mol. The Morgan fingerprint density at radius 3 is 2.47 bits per heavy atom. The highest BCUT2D eigenvalue weighted by Crippen LogP contribution is 2.48. The molecule has 1 saturated heterocycles. The molecule has 172 valence electrons. The molecule has 4 nitrogen and oxygen atoms in total. The average Bonchev–Trinajstić information content (AvgIpc) is 3.22. The maximum absolute atomic E-state index is 14.2. The van der Waals surface area contributed by atoms with Crippen molar-refractivity contribution in [2.24, 2.45) is 5.41 Å². The first-order valence-electron chi connectivity index (χ1n) is 11.0. The molecule has 7 heteroatoms. The van der Waals surface area contributed by atoms with Gasteiger partial charge in [0.15, 0.2) is 6.10 Å². The highest BCUT2D eigenvalue weighted by molar-refractivity contribution is 5.31. The van der Waals surface area contributed by atoms with Crippen LogP contribution in [0.4, 0.5) is 13.2 Å². The summed E-state index contributed by atoms with van der Waals surface area (Å²) in [6.45, 7) is 6.45. The van der Waals surface area contributed by atoms with Crippen LogP contribution in [0.1, 0.15) is 50.4 Å². The van der Waals surface area contributed by atoms with Crippen molar-refractivity contribution in [3.63, 3.8) is 0 Å². The highest BCUT2D eigenvalue weighted by atomic mass is 19.4. The molecule has 0 radical (unpaired) electrons. The molecule has 3 rings (SSSR count). The summed E-state index contributed by atoms with van der Waals surface area (Å²) < 4.78 is 47.9. The molecule has 2 atom stereocenters. The minimum absolute atomic E-state index is 0.00638. The second-order valence-electron chi connectivity index (χ2n) is 8.99. The lowest BCUT2D eigenvalue weighted by Gasteiger charge is -2.41. The number of pyridine rings is 1. The Labute approximate surface area is 188 Å². The topological polar surface area (TPSA) is 49.1 Å². The Morgan fingerprint density at radius 1 is 1.19 bits per heavy atom. The van der Waals surface area contributed by atoms with Gasteiger partial charge in [0, 0.05) is 24.8 Å². The van der Waals surface area contributed by atoms with E-state index in [9.17, 15) is 13.2 Å². The number of hydrogen-bond donors (Lipinski definition) is 0. The smallest absolute Gasteiger partial charge is 0.368 e. The summed E-state index contributed by atoms with van der Waals surface area (Å²) in [4.78, 5) is 6.56. The number of ether oxygens (including phenoxy) is 1. The van der Waals surface area contributed by atoms with E-state index in [2.05, 4.69) is 16.0 Å². The van der Waals surface area contributed by atoms with Gasteiger partial charge in [-0.3, -0.25) is 9.88 Å². The Morgan fingerprint density at radius 2 is 1.91 bits per heavy atom. The van der Waals surface area contributed by atoms with E-state index in [0.29, 0.717) is 31.4 Å². The minimum atomic E-state index is -4.45. The Hall–Kier alpha value is -2.43. The number of hydrogen-bond acceptors (Lipinski definition) is 4. The van der Waals surface area contributed by atoms with Gasteiger partial charge in [0.25, 0.3) is 0 Å². The van der Waals surface area contributed by atoms with E-state index in [1.54, 1.807) is 25.3 Å². The third kappa shape index (κ3) is 5.13. The largest absolute Gasteiger partial charge is 0.415 e. The van der Waals surface area contributed by atoms with Crippen LogP contribution in [0, 0.1) is 16.7 Å². The number of nitriles is 1. The molecule has 0 saturated carbocycles. The van der Waals surface area contributed by atoms with E-state index in [-0.39, 0.29) is 13.2 Å². The van der Waals surface area contributed by atoms with Crippen molar-refractivity contribution < 1.29 is 17.9 Å². The third-order valence-electron chi connectivity index (χ3n) is 6.65. The molecule has 32 heavy (non-hydrogen) atoms. The van der Waals surface area contributed by atoms with Gasteiger partial charge in [-0.25, -0.2) is 0 Å². The maximum Gasteiger partial charge on any atom is 0.415 e. The van der Waals surface area contributed by atoms with Crippen molar-refractivity contribution in [2.75, 3.05) is 19.7 Å². The van der Waals surface area contributed by atoms with Gasteiger partial charge in [0.1, 0.15) is 0 Å². The highest BCUT2D eigenvalue weighted by Gasteiger charge is 2.58. The van der Waals surface area contributed by atoms with E-state index in [4.69, 9.17) is 10.00 Å². The minimum Gasteiger partial charge on any atom is -0.368 e. The van der Waals surface area contributed by atoms with E-state index in [1.807, 2.05) is 44.2 Å². The molecule has 0 amide bonds. The molecule has 2 heterocycles. The first kappa shape index (κ1) is 24.2. The van der Waals surface area contributed by atoms with Gasteiger partial charge in [0.2, 0.25) is 0 Å². The molecule has 2 aromatic rings. The van der Waals surface area contributed by atoms with Crippen molar-refractivity contribution in [1.82, 2.24) is 9.88 Å². The van der Waals surface area contributed by atoms with Gasteiger partial charge in [-0.1, -0.05) is 18.2 Å². The first-order valence-corrected chi connectivity index (χ1v) is 11.0. The fourth-order valence-corrected chi connectivity index (χ4v) is 4.73. The zero-order chi connectivity index (χ0) is 23.4. The lowest BCUT2D eigenvalue weighted by atomic mass is 9.75. The molecule has 1 aliphatic rings. The summed E-state index contributed by atoms with van der Waals surface area (Å²) in [6.07, 6.45) is -3.34. The lowest BCUT2D eigenvalue weighted by Crippen LogP contribution is -2.51. The van der Waals surface area contributed by atoms with Crippen molar-refractivity contribution in [3.05, 3.63) is 65.5 Å². The second-order valence-corrected chi connectivity index (χ2v) is 8.99. The van der Waals surface area contributed by atoms with Gasteiger partial charge >= 0.3 is 6.18 Å². The molecule has 1 unspecified atom stereocenters. The standard InChI is InChI=1S/C25H30F3N3O/c1-4-32-22(25(26,27)28)24(13-12-19-8-10-20(17-29)11-9-19)14-16-31(18-24)23(2,3)21-7-5-6-15-30-21/h5-11,15,22H,4,12-14,16,18H2,1-3H3/t22?,24-/m1/s1. The van der Waals surface area contributed by atoms with Crippen molar-refractivity contribution >= 4 is 0 Å². The van der Waals surface area contributed by atoms with Crippen LogP contribution in [0.3, 0.4) is 0 Å². The fourth-order valence-electron chi connectivity index (χ4n) is 4.73. The Kier molecular flexibility index (Phi) is 7.26. The third-order valence-corrected chi connectivity index (χ3v) is 6.65. The number of aromatic nitrogens is 1. The van der Waals surface area contributed by atoms with Crippen LogP contribution in [0.2, 0.25) is 0 Å². The van der Waals surface area contributed by atoms with Crippen LogP contribution in [0.15, 0.2) is 48.7 Å². The van der Waals surface area contributed by atoms with Crippen LogP contribution in [0.5, 0.6) is 0 Å². The summed E-state index contributed by atoms with van der Waals surface area (Å²) in [6, 6.07) is 14.8. The number of rotatable bonds is 8. The van der Waals surface area contributed by atoms with E-state index < -0.39 is 23.2 Å². The normalized spacial score (nSPS) is 20.8. The van der Waals surface area contributed by atoms with E-state index >= 15 is 0 Å². The van der Waals surface area contributed by atoms with Crippen molar-refractivity contribution in [3.8, 4) is 6.07 Å². The van der Waals surface area contributed by atoms with Gasteiger partial charge < -0.3 is 4.74 Å². The zero-order valence-electron chi connectivity index (χ0n) is 18.8. The second kappa shape index (κ2) is 9.60. The molecular weight excluding hydrogens is 415 g/mol. The first-order chi connectivity index (χ1) is 15.1. The molecule has 1 aromatic carbocycles. The number of aryl methyl sites for hydroxylation is 1. The Balaban J connectivity index is 1.89. The number of nitrogens with zero attached hydrogens (tertiary/aromatic N) is 3. The van der Waals surface area contributed by atoms with E-state index in [1.165, 1.54) is 0 Å².